The van der Waals surface area contributed by atoms with Crippen LogP contribution in [-0.2, 0) is 9.59 Å². The summed E-state index contributed by atoms with van der Waals surface area (Å²) in [5.41, 5.74) is 0. The molecule has 1 aromatic heterocycles. The van der Waals surface area contributed by atoms with Gasteiger partial charge in [-0.1, -0.05) is 0 Å². The summed E-state index contributed by atoms with van der Waals surface area (Å²) >= 11 is 1.64. The van der Waals surface area contributed by atoms with Crippen LogP contribution in [0.2, 0.25) is 0 Å². The number of rotatable bonds is 9. The smallest absolute Gasteiger partial charge is 0.257 e. The van der Waals surface area contributed by atoms with Crippen molar-refractivity contribution in [3.8, 4) is 5.88 Å². The van der Waals surface area contributed by atoms with Crippen LogP contribution in [0, 0.1) is 0 Å². The summed E-state index contributed by atoms with van der Waals surface area (Å²) in [5.74, 6) is 1.86. The first-order valence-corrected chi connectivity index (χ1v) is 6.98. The molecule has 7 nitrogen and oxygen atoms in total. The Labute approximate surface area is 115 Å². The van der Waals surface area contributed by atoms with Crippen LogP contribution in [0.5, 0.6) is 5.88 Å². The van der Waals surface area contributed by atoms with E-state index in [-0.39, 0.29) is 12.5 Å². The number of aromatic nitrogens is 2. The summed E-state index contributed by atoms with van der Waals surface area (Å²) in [5, 5.41) is 2.82. The number of nitrogens with one attached hydrogen (secondary N) is 1. The highest BCUT2D eigenvalue weighted by Gasteiger charge is 2.12. The first-order valence-electron chi connectivity index (χ1n) is 5.59. The molecule has 0 atom stereocenters. The number of ether oxygens (including phenoxy) is 1. The summed E-state index contributed by atoms with van der Waals surface area (Å²) in [7, 11) is 1.66. The molecule has 0 bridgehead atoms. The molecule has 1 amide bonds. The van der Waals surface area contributed by atoms with Crippen LogP contribution < -0.4 is 15.0 Å². The summed E-state index contributed by atoms with van der Waals surface area (Å²) in [6, 6.07) is 0. The topological polar surface area (TPSA) is 84.4 Å². The van der Waals surface area contributed by atoms with E-state index in [1.807, 2.05) is 6.26 Å². The second-order valence-corrected chi connectivity index (χ2v) is 4.39. The summed E-state index contributed by atoms with van der Waals surface area (Å²) in [4.78, 5) is 31.0. The van der Waals surface area contributed by atoms with Crippen molar-refractivity contribution in [2.45, 2.75) is 0 Å². The van der Waals surface area contributed by atoms with Gasteiger partial charge >= 0.3 is 0 Å². The molecule has 0 spiro atoms. The lowest BCUT2D eigenvalue weighted by Crippen LogP contribution is -2.25. The van der Waals surface area contributed by atoms with Crippen LogP contribution in [0.15, 0.2) is 6.20 Å². The van der Waals surface area contributed by atoms with Gasteiger partial charge in [-0.3, -0.25) is 14.5 Å². The highest BCUT2D eigenvalue weighted by Crippen LogP contribution is 2.21. The third kappa shape index (κ3) is 4.40. The van der Waals surface area contributed by atoms with Gasteiger partial charge in [0, 0.05) is 19.3 Å². The van der Waals surface area contributed by atoms with Crippen molar-refractivity contribution >= 4 is 36.1 Å². The van der Waals surface area contributed by atoms with E-state index in [1.54, 1.807) is 18.8 Å². The van der Waals surface area contributed by atoms with Gasteiger partial charge in [0.2, 0.25) is 6.41 Å². The molecule has 1 aromatic rings. The van der Waals surface area contributed by atoms with Crippen molar-refractivity contribution in [3.63, 3.8) is 0 Å². The highest BCUT2D eigenvalue weighted by atomic mass is 32.2. The minimum atomic E-state index is -0.0907. The average molecular weight is 284 g/mol. The molecule has 0 fully saturated rings. The molecule has 0 saturated carbocycles. The lowest BCUT2D eigenvalue weighted by molar-refractivity contribution is -0.109. The Morgan fingerprint density at radius 3 is 2.89 bits per heavy atom. The third-order valence-electron chi connectivity index (χ3n) is 2.21. The van der Waals surface area contributed by atoms with Gasteiger partial charge in [-0.05, 0) is 6.26 Å². The summed E-state index contributed by atoms with van der Waals surface area (Å²) in [6.07, 6.45) is 4.75. The fourth-order valence-electron chi connectivity index (χ4n) is 1.30. The van der Waals surface area contributed by atoms with Crippen LogP contribution in [0.25, 0.3) is 0 Å². The second kappa shape index (κ2) is 8.30. The lowest BCUT2D eigenvalue weighted by atomic mass is 10.5. The van der Waals surface area contributed by atoms with Crippen LogP contribution in [0.4, 0.5) is 11.6 Å². The monoisotopic (exact) mass is 284 g/mol. The Hall–Kier alpha value is -1.83. The molecule has 0 aromatic carbocycles. The zero-order valence-electron chi connectivity index (χ0n) is 10.8. The van der Waals surface area contributed by atoms with Crippen LogP contribution in [0.3, 0.4) is 0 Å². The maximum atomic E-state index is 11.0. The third-order valence-corrected chi connectivity index (χ3v) is 2.80. The van der Waals surface area contributed by atoms with Gasteiger partial charge in [0.15, 0.2) is 17.9 Å². The minimum Gasteiger partial charge on any atom is -0.467 e. The van der Waals surface area contributed by atoms with Gasteiger partial charge in [0.25, 0.3) is 5.88 Å². The lowest BCUT2D eigenvalue weighted by Gasteiger charge is -2.17. The van der Waals surface area contributed by atoms with Crippen LogP contribution >= 0.6 is 11.8 Å². The molecular formula is C11H16N4O3S. The SMILES string of the molecule is CNc1nc(N(C=O)CCSC)cnc1OCC=O. The number of nitrogens with zero attached hydrogens (tertiary/aromatic N) is 3. The zero-order valence-corrected chi connectivity index (χ0v) is 11.6. The molecule has 0 aliphatic rings. The number of aldehydes is 1. The van der Waals surface area contributed by atoms with Crippen molar-refractivity contribution in [1.82, 2.24) is 9.97 Å². The van der Waals surface area contributed by atoms with E-state index in [0.717, 1.165) is 5.75 Å². The van der Waals surface area contributed by atoms with E-state index >= 15 is 0 Å². The number of amides is 1. The van der Waals surface area contributed by atoms with Gasteiger partial charge < -0.3 is 10.1 Å². The van der Waals surface area contributed by atoms with E-state index in [0.29, 0.717) is 30.9 Å². The molecule has 0 aliphatic heterocycles. The summed E-state index contributed by atoms with van der Waals surface area (Å²) < 4.78 is 5.11. The van der Waals surface area contributed by atoms with Crippen molar-refractivity contribution in [3.05, 3.63) is 6.20 Å². The Balaban J connectivity index is 2.90. The first kappa shape index (κ1) is 15.2. The van der Waals surface area contributed by atoms with Gasteiger partial charge in [-0.25, -0.2) is 9.97 Å². The van der Waals surface area contributed by atoms with E-state index < -0.39 is 0 Å². The maximum absolute atomic E-state index is 11.0. The number of carbonyl (C=O) groups excluding carboxylic acids is 2. The van der Waals surface area contributed by atoms with E-state index in [4.69, 9.17) is 4.74 Å². The van der Waals surface area contributed by atoms with Gasteiger partial charge in [0.1, 0.15) is 6.61 Å². The van der Waals surface area contributed by atoms with Crippen molar-refractivity contribution in [2.24, 2.45) is 0 Å². The standard InChI is InChI=1S/C11H16N4O3S/c1-12-10-11(18-5-4-16)13-7-9(14-10)15(8-17)3-6-19-2/h4,7-8H,3,5-6H2,1-2H3,(H,12,14). The fourth-order valence-corrected chi connectivity index (χ4v) is 1.68. The number of hydrogen-bond acceptors (Lipinski definition) is 7. The second-order valence-electron chi connectivity index (χ2n) is 3.40. The van der Waals surface area contributed by atoms with Crippen molar-refractivity contribution < 1.29 is 14.3 Å². The average Bonchev–Trinajstić information content (AvgIpc) is 2.46. The molecule has 104 valence electrons. The molecule has 1 rings (SSSR count). The number of carbonyl (C=O) groups is 2. The molecule has 1 heterocycles. The highest BCUT2D eigenvalue weighted by molar-refractivity contribution is 7.98. The Morgan fingerprint density at radius 1 is 1.53 bits per heavy atom. The minimum absolute atomic E-state index is 0.0907. The van der Waals surface area contributed by atoms with Crippen LogP contribution in [-0.4, -0.2) is 54.9 Å². The molecule has 19 heavy (non-hydrogen) atoms. The van der Waals surface area contributed by atoms with E-state index in [2.05, 4.69) is 15.3 Å². The van der Waals surface area contributed by atoms with Crippen molar-refractivity contribution in [2.75, 3.05) is 42.4 Å². The Morgan fingerprint density at radius 2 is 2.32 bits per heavy atom. The zero-order chi connectivity index (χ0) is 14.1. The van der Waals surface area contributed by atoms with Gasteiger partial charge in [-0.2, -0.15) is 11.8 Å². The number of thioether (sulfide) groups is 1. The molecule has 0 saturated heterocycles. The largest absolute Gasteiger partial charge is 0.467 e. The molecule has 0 aliphatic carbocycles. The van der Waals surface area contributed by atoms with Gasteiger partial charge in [0.05, 0.1) is 6.20 Å². The quantitative estimate of drug-likeness (QED) is 0.658. The number of hydrogen-bond donors (Lipinski definition) is 1. The molecule has 1 N–H and O–H groups in total. The van der Waals surface area contributed by atoms with Gasteiger partial charge in [-0.15, -0.1) is 0 Å². The first-order chi connectivity index (χ1) is 9.26. The predicted molar refractivity (Wildman–Crippen MR) is 74.9 cm³/mol. The molecule has 8 heteroatoms. The Kier molecular flexibility index (Phi) is 6.65. The van der Waals surface area contributed by atoms with Crippen molar-refractivity contribution in [1.29, 1.82) is 0 Å². The van der Waals surface area contributed by atoms with Crippen LogP contribution in [0.1, 0.15) is 0 Å². The summed E-state index contributed by atoms with van der Waals surface area (Å²) in [6.45, 7) is 0.462. The number of anilines is 2. The normalized spacial score (nSPS) is 9.79. The fraction of sp³-hybridized carbons (Fsp3) is 0.455. The van der Waals surface area contributed by atoms with E-state index in [9.17, 15) is 9.59 Å². The predicted octanol–water partition coefficient (Wildman–Crippen LogP) is 0.422. The Bertz CT molecular complexity index is 430. The maximum Gasteiger partial charge on any atom is 0.257 e. The molecule has 0 radical (unpaired) electrons. The van der Waals surface area contributed by atoms with E-state index in [1.165, 1.54) is 11.1 Å². The molecule has 0 unspecified atom stereocenters. The molecular weight excluding hydrogens is 268 g/mol.